The molecule has 0 amide bonds. The number of aromatic nitrogens is 1. The molecule has 0 atom stereocenters. The first-order valence-electron chi connectivity index (χ1n) is 5.29. The molecular formula is C13H11BrN2OS. The Bertz CT molecular complexity index is 574. The lowest BCUT2D eigenvalue weighted by Crippen LogP contribution is -2.09. The van der Waals surface area contributed by atoms with Gasteiger partial charge in [-0.2, -0.15) is 0 Å². The van der Waals surface area contributed by atoms with Crippen molar-refractivity contribution in [1.29, 1.82) is 0 Å². The zero-order valence-electron chi connectivity index (χ0n) is 9.47. The van der Waals surface area contributed by atoms with Gasteiger partial charge in [-0.15, -0.1) is 0 Å². The minimum atomic E-state index is 0.336. The first-order valence-corrected chi connectivity index (χ1v) is 6.49. The molecule has 2 aromatic rings. The van der Waals surface area contributed by atoms with Crippen molar-refractivity contribution in [3.8, 4) is 5.88 Å². The summed E-state index contributed by atoms with van der Waals surface area (Å²) >= 11 is 8.37. The summed E-state index contributed by atoms with van der Waals surface area (Å²) in [6.07, 6.45) is 1.63. The summed E-state index contributed by atoms with van der Waals surface area (Å²) < 4.78 is 6.62. The Hall–Kier alpha value is -1.46. The first kappa shape index (κ1) is 13.0. The molecule has 0 saturated carbocycles. The highest BCUT2D eigenvalue weighted by atomic mass is 79.9. The van der Waals surface area contributed by atoms with E-state index in [1.54, 1.807) is 18.3 Å². The predicted octanol–water partition coefficient (Wildman–Crippen LogP) is 3.06. The summed E-state index contributed by atoms with van der Waals surface area (Å²) in [5.74, 6) is 0.510. The quantitative estimate of drug-likeness (QED) is 0.879. The second-order valence-corrected chi connectivity index (χ2v) is 4.92. The fourth-order valence-corrected chi connectivity index (χ4v) is 1.93. The number of rotatable bonds is 4. The molecule has 0 aliphatic rings. The fourth-order valence-electron chi connectivity index (χ4n) is 1.41. The summed E-state index contributed by atoms with van der Waals surface area (Å²) in [5.41, 5.74) is 7.36. The van der Waals surface area contributed by atoms with Crippen LogP contribution < -0.4 is 10.5 Å². The molecule has 3 nitrogen and oxygen atoms in total. The Morgan fingerprint density at radius 2 is 2.11 bits per heavy atom. The standard InChI is InChI=1S/C13H11BrN2OS/c14-11-4-2-1-3-10(11)8-17-12-7-9(13(15)18)5-6-16-12/h1-7H,8H2,(H2,15,18). The molecule has 0 unspecified atom stereocenters. The lowest BCUT2D eigenvalue weighted by molar-refractivity contribution is 0.293. The van der Waals surface area contributed by atoms with Gasteiger partial charge in [-0.1, -0.05) is 46.3 Å². The van der Waals surface area contributed by atoms with Crippen molar-refractivity contribution in [2.75, 3.05) is 0 Å². The Balaban J connectivity index is 2.09. The van der Waals surface area contributed by atoms with Crippen LogP contribution in [0.15, 0.2) is 47.1 Å². The molecule has 18 heavy (non-hydrogen) atoms. The Morgan fingerprint density at radius 1 is 1.33 bits per heavy atom. The van der Waals surface area contributed by atoms with Crippen LogP contribution in [0.5, 0.6) is 5.88 Å². The van der Waals surface area contributed by atoms with E-state index in [9.17, 15) is 0 Å². The number of thiocarbonyl (C=S) groups is 1. The molecule has 2 N–H and O–H groups in total. The van der Waals surface area contributed by atoms with Crippen molar-refractivity contribution in [2.24, 2.45) is 5.73 Å². The Kier molecular flexibility index (Phi) is 4.28. The van der Waals surface area contributed by atoms with Gasteiger partial charge >= 0.3 is 0 Å². The third-order valence-corrected chi connectivity index (χ3v) is 3.36. The van der Waals surface area contributed by atoms with Crippen LogP contribution in [0, 0.1) is 0 Å². The average molecular weight is 323 g/mol. The number of ether oxygens (including phenoxy) is 1. The van der Waals surface area contributed by atoms with E-state index in [0.29, 0.717) is 17.5 Å². The largest absolute Gasteiger partial charge is 0.473 e. The summed E-state index contributed by atoms with van der Waals surface area (Å²) in [6, 6.07) is 11.4. The number of benzene rings is 1. The van der Waals surface area contributed by atoms with E-state index >= 15 is 0 Å². The van der Waals surface area contributed by atoms with Gasteiger partial charge < -0.3 is 10.5 Å². The number of nitrogens with two attached hydrogens (primary N) is 1. The lowest BCUT2D eigenvalue weighted by Gasteiger charge is -2.07. The molecule has 0 aliphatic carbocycles. The number of halogens is 1. The van der Waals surface area contributed by atoms with Crippen LogP contribution in [0.25, 0.3) is 0 Å². The van der Waals surface area contributed by atoms with Crippen LogP contribution in [0.3, 0.4) is 0 Å². The Morgan fingerprint density at radius 3 is 2.83 bits per heavy atom. The summed E-state index contributed by atoms with van der Waals surface area (Å²) in [5, 5.41) is 0. The van der Waals surface area contributed by atoms with Gasteiger partial charge in [-0.25, -0.2) is 4.98 Å². The summed E-state index contributed by atoms with van der Waals surface area (Å²) in [4.78, 5) is 4.45. The number of pyridine rings is 1. The third kappa shape index (κ3) is 3.27. The van der Waals surface area contributed by atoms with E-state index in [0.717, 1.165) is 15.6 Å². The molecule has 0 spiro atoms. The van der Waals surface area contributed by atoms with Crippen LogP contribution in [0.4, 0.5) is 0 Å². The molecule has 1 heterocycles. The SMILES string of the molecule is NC(=S)c1ccnc(OCc2ccccc2Br)c1. The number of nitrogens with zero attached hydrogens (tertiary/aromatic N) is 1. The molecule has 5 heteroatoms. The van der Waals surface area contributed by atoms with Gasteiger partial charge in [-0.05, 0) is 12.1 Å². The van der Waals surface area contributed by atoms with E-state index in [4.69, 9.17) is 22.7 Å². The van der Waals surface area contributed by atoms with E-state index in [-0.39, 0.29) is 0 Å². The predicted molar refractivity (Wildman–Crippen MR) is 78.6 cm³/mol. The number of hydrogen-bond donors (Lipinski definition) is 1. The van der Waals surface area contributed by atoms with Crippen molar-refractivity contribution < 1.29 is 4.74 Å². The zero-order chi connectivity index (χ0) is 13.0. The second kappa shape index (κ2) is 5.93. The van der Waals surface area contributed by atoms with Crippen molar-refractivity contribution in [1.82, 2.24) is 4.98 Å². The maximum Gasteiger partial charge on any atom is 0.214 e. The minimum absolute atomic E-state index is 0.336. The van der Waals surface area contributed by atoms with Gasteiger partial charge in [0.25, 0.3) is 0 Å². The molecule has 0 radical (unpaired) electrons. The highest BCUT2D eigenvalue weighted by Gasteiger charge is 2.03. The monoisotopic (exact) mass is 322 g/mol. The molecule has 2 rings (SSSR count). The maximum absolute atomic E-state index is 5.61. The fraction of sp³-hybridized carbons (Fsp3) is 0.0769. The maximum atomic E-state index is 5.61. The van der Waals surface area contributed by atoms with Crippen LogP contribution in [-0.2, 0) is 6.61 Å². The van der Waals surface area contributed by atoms with Gasteiger partial charge in [0, 0.05) is 27.9 Å². The lowest BCUT2D eigenvalue weighted by atomic mass is 10.2. The van der Waals surface area contributed by atoms with Gasteiger partial charge in [0.1, 0.15) is 11.6 Å². The smallest absolute Gasteiger partial charge is 0.214 e. The third-order valence-electron chi connectivity index (χ3n) is 2.35. The molecule has 0 fully saturated rings. The van der Waals surface area contributed by atoms with Crippen LogP contribution in [-0.4, -0.2) is 9.97 Å². The van der Waals surface area contributed by atoms with E-state index in [1.165, 1.54) is 0 Å². The van der Waals surface area contributed by atoms with Crippen LogP contribution in [0.1, 0.15) is 11.1 Å². The molecule has 92 valence electrons. The Labute approximate surface area is 119 Å². The molecule has 1 aromatic carbocycles. The zero-order valence-corrected chi connectivity index (χ0v) is 11.9. The molecule has 0 saturated heterocycles. The number of hydrogen-bond acceptors (Lipinski definition) is 3. The van der Waals surface area contributed by atoms with Crippen molar-refractivity contribution >= 4 is 33.1 Å². The molecular weight excluding hydrogens is 312 g/mol. The van der Waals surface area contributed by atoms with Gasteiger partial charge in [-0.3, -0.25) is 0 Å². The summed E-state index contributed by atoms with van der Waals surface area (Å²) in [6.45, 7) is 0.440. The highest BCUT2D eigenvalue weighted by molar-refractivity contribution is 9.10. The molecule has 0 aliphatic heterocycles. The van der Waals surface area contributed by atoms with E-state index < -0.39 is 0 Å². The van der Waals surface area contributed by atoms with Crippen molar-refractivity contribution in [2.45, 2.75) is 6.61 Å². The minimum Gasteiger partial charge on any atom is -0.473 e. The second-order valence-electron chi connectivity index (χ2n) is 3.63. The average Bonchev–Trinajstić information content (AvgIpc) is 2.38. The van der Waals surface area contributed by atoms with Gasteiger partial charge in [0.05, 0.1) is 0 Å². The van der Waals surface area contributed by atoms with Crippen LogP contribution in [0.2, 0.25) is 0 Å². The van der Waals surface area contributed by atoms with E-state index in [2.05, 4.69) is 20.9 Å². The molecule has 1 aromatic heterocycles. The van der Waals surface area contributed by atoms with Gasteiger partial charge in [0.15, 0.2) is 0 Å². The topological polar surface area (TPSA) is 48.1 Å². The normalized spacial score (nSPS) is 10.1. The van der Waals surface area contributed by atoms with Gasteiger partial charge in [0.2, 0.25) is 5.88 Å². The van der Waals surface area contributed by atoms with Crippen molar-refractivity contribution in [3.63, 3.8) is 0 Å². The molecule has 0 bridgehead atoms. The highest BCUT2D eigenvalue weighted by Crippen LogP contribution is 2.18. The van der Waals surface area contributed by atoms with E-state index in [1.807, 2.05) is 24.3 Å². The summed E-state index contributed by atoms with van der Waals surface area (Å²) in [7, 11) is 0. The first-order chi connectivity index (χ1) is 8.66. The van der Waals surface area contributed by atoms with Crippen LogP contribution >= 0.6 is 28.1 Å². The van der Waals surface area contributed by atoms with Crippen molar-refractivity contribution in [3.05, 3.63) is 58.2 Å².